The van der Waals surface area contributed by atoms with Gasteiger partial charge in [0, 0.05) is 29.2 Å². The van der Waals surface area contributed by atoms with Crippen molar-refractivity contribution in [2.24, 2.45) is 0 Å². The molecule has 0 saturated heterocycles. The summed E-state index contributed by atoms with van der Waals surface area (Å²) in [5.41, 5.74) is 0.261. The van der Waals surface area contributed by atoms with Crippen LogP contribution in [0.25, 0.3) is 0 Å². The average molecular weight is 686 g/mol. The number of rotatable bonds is 12. The summed E-state index contributed by atoms with van der Waals surface area (Å²) < 4.78 is 34.5. The van der Waals surface area contributed by atoms with Gasteiger partial charge in [-0.2, -0.15) is 0 Å². The van der Waals surface area contributed by atoms with Crippen molar-refractivity contribution in [2.45, 2.75) is 51.2 Å². The smallest absolute Gasteiger partial charge is 0.273 e. The lowest BCUT2D eigenvalue weighted by molar-refractivity contribution is -0.385. The highest BCUT2D eigenvalue weighted by molar-refractivity contribution is 7.92. The van der Waals surface area contributed by atoms with E-state index in [9.17, 15) is 28.1 Å². The molecule has 1 unspecified atom stereocenters. The van der Waals surface area contributed by atoms with Gasteiger partial charge in [0.05, 0.1) is 32.7 Å². The van der Waals surface area contributed by atoms with E-state index in [4.69, 9.17) is 39.5 Å². The van der Waals surface area contributed by atoms with Crippen molar-refractivity contribution in [1.29, 1.82) is 0 Å². The molecule has 2 amide bonds. The van der Waals surface area contributed by atoms with E-state index in [-0.39, 0.29) is 44.7 Å². The molecule has 0 bridgehead atoms. The quantitative estimate of drug-likeness (QED) is 0.182. The van der Waals surface area contributed by atoms with Crippen molar-refractivity contribution >= 4 is 68.0 Å². The number of amides is 2. The van der Waals surface area contributed by atoms with Gasteiger partial charge in [0.25, 0.3) is 15.7 Å². The van der Waals surface area contributed by atoms with Crippen LogP contribution in [0.5, 0.6) is 5.75 Å². The lowest BCUT2D eigenvalue weighted by atomic mass is 10.1. The molecule has 15 heteroatoms. The van der Waals surface area contributed by atoms with Gasteiger partial charge < -0.3 is 15.0 Å². The van der Waals surface area contributed by atoms with Crippen LogP contribution in [0, 0.1) is 17.0 Å². The second-order valence-corrected chi connectivity index (χ2v) is 13.3. The number of carbonyl (C=O) groups excluding carboxylic acids is 2. The number of benzene rings is 3. The number of sulfonamides is 1. The topological polar surface area (TPSA) is 139 Å². The molecule has 0 fully saturated rings. The van der Waals surface area contributed by atoms with Gasteiger partial charge in [0.15, 0.2) is 0 Å². The lowest BCUT2D eigenvalue weighted by Gasteiger charge is -2.32. The molecule has 0 aliphatic carbocycles. The Morgan fingerprint density at radius 2 is 1.68 bits per heavy atom. The van der Waals surface area contributed by atoms with E-state index < -0.39 is 49.9 Å². The number of ether oxygens (including phenoxy) is 1. The summed E-state index contributed by atoms with van der Waals surface area (Å²) in [6, 6.07) is 11.0. The maximum atomic E-state index is 14.2. The first kappa shape index (κ1) is 34.9. The van der Waals surface area contributed by atoms with Crippen LogP contribution in [-0.2, 0) is 26.2 Å². The number of carbonyl (C=O) groups is 2. The Morgan fingerprint density at radius 3 is 2.27 bits per heavy atom. The second kappa shape index (κ2) is 14.5. The van der Waals surface area contributed by atoms with Crippen LogP contribution in [0.2, 0.25) is 15.1 Å². The minimum Gasteiger partial charge on any atom is -0.495 e. The largest absolute Gasteiger partial charge is 0.495 e. The van der Waals surface area contributed by atoms with Gasteiger partial charge in [0.2, 0.25) is 11.8 Å². The fourth-order valence-electron chi connectivity index (χ4n) is 4.27. The number of halogens is 3. The van der Waals surface area contributed by atoms with E-state index in [1.54, 1.807) is 26.0 Å². The molecule has 0 aromatic heterocycles. The summed E-state index contributed by atoms with van der Waals surface area (Å²) in [4.78, 5) is 38.9. The van der Waals surface area contributed by atoms with Crippen molar-refractivity contribution < 1.29 is 27.7 Å². The third kappa shape index (κ3) is 8.12. The average Bonchev–Trinajstić information content (AvgIpc) is 2.95. The van der Waals surface area contributed by atoms with E-state index in [2.05, 4.69) is 5.32 Å². The first-order valence-electron chi connectivity index (χ1n) is 13.2. The summed E-state index contributed by atoms with van der Waals surface area (Å²) in [6.07, 6.45) is 0. The number of hydrogen-bond acceptors (Lipinski definition) is 7. The normalized spacial score (nSPS) is 12.0. The number of hydrogen-bond donors (Lipinski definition) is 1. The number of anilines is 1. The number of nitrogens with one attached hydrogen (secondary N) is 1. The van der Waals surface area contributed by atoms with E-state index in [0.717, 1.165) is 10.4 Å². The number of aryl methyl sites for hydroxylation is 1. The molecule has 0 radical (unpaired) electrons. The monoisotopic (exact) mass is 684 g/mol. The molecular weight excluding hydrogens is 655 g/mol. The number of nitro groups is 1. The van der Waals surface area contributed by atoms with Crippen molar-refractivity contribution in [3.8, 4) is 5.75 Å². The molecule has 0 aliphatic heterocycles. The summed E-state index contributed by atoms with van der Waals surface area (Å²) in [5.74, 6) is -1.18. The predicted octanol–water partition coefficient (Wildman–Crippen LogP) is 6.01. The van der Waals surface area contributed by atoms with E-state index in [0.29, 0.717) is 5.56 Å². The maximum Gasteiger partial charge on any atom is 0.273 e. The fourth-order valence-corrected chi connectivity index (χ4v) is 6.19. The zero-order chi connectivity index (χ0) is 32.9. The van der Waals surface area contributed by atoms with Crippen LogP contribution < -0.4 is 14.4 Å². The van der Waals surface area contributed by atoms with E-state index >= 15 is 0 Å². The minimum atomic E-state index is -4.65. The lowest BCUT2D eigenvalue weighted by Crippen LogP contribution is -2.52. The summed E-state index contributed by atoms with van der Waals surface area (Å²) in [7, 11) is -3.34. The fraction of sp³-hybridized carbons (Fsp3) is 0.310. The highest BCUT2D eigenvalue weighted by Gasteiger charge is 2.35. The SMILES string of the molecule is COc1ccc(Cl)cc1N(CC(=O)N(Cc1ccc(Cl)c(Cl)c1)C(C)C(=O)NC(C)C)S(=O)(=O)c1ccc(C)c([N+](=O)[O-])c1. The Kier molecular flexibility index (Phi) is 11.5. The van der Waals surface area contributed by atoms with Gasteiger partial charge in [0.1, 0.15) is 18.3 Å². The van der Waals surface area contributed by atoms with Crippen molar-refractivity contribution in [3.63, 3.8) is 0 Å². The number of nitrogens with zero attached hydrogens (tertiary/aromatic N) is 3. The molecule has 3 aromatic carbocycles. The summed E-state index contributed by atoms with van der Waals surface area (Å²) in [5, 5.41) is 15.0. The van der Waals surface area contributed by atoms with Gasteiger partial charge in [-0.25, -0.2) is 8.42 Å². The Hall–Kier alpha value is -3.58. The zero-order valence-electron chi connectivity index (χ0n) is 24.5. The Bertz CT molecular complexity index is 1690. The van der Waals surface area contributed by atoms with Crippen LogP contribution in [0.15, 0.2) is 59.5 Å². The second-order valence-electron chi connectivity index (χ2n) is 10.1. The highest BCUT2D eigenvalue weighted by atomic mass is 35.5. The standard InChI is InChI=1S/C29H31Cl3N4O7S/c1-17(2)33-29(38)19(4)34(15-20-7-10-23(31)24(32)12-20)28(37)16-35(26-13-21(30)8-11-27(26)43-5)44(41,42)22-9-6-18(3)25(14-22)36(39)40/h6-14,17,19H,15-16H2,1-5H3,(H,33,38). The molecule has 236 valence electrons. The first-order chi connectivity index (χ1) is 20.6. The van der Waals surface area contributed by atoms with Crippen LogP contribution in [0.3, 0.4) is 0 Å². The van der Waals surface area contributed by atoms with E-state index in [1.807, 2.05) is 0 Å². The molecule has 1 N–H and O–H groups in total. The molecule has 3 aromatic rings. The maximum absolute atomic E-state index is 14.2. The molecular formula is C29H31Cl3N4O7S. The molecule has 0 heterocycles. The van der Waals surface area contributed by atoms with Crippen molar-refractivity contribution in [2.75, 3.05) is 18.0 Å². The summed E-state index contributed by atoms with van der Waals surface area (Å²) >= 11 is 18.5. The number of methoxy groups -OCH3 is 1. The van der Waals surface area contributed by atoms with Gasteiger partial charge in [-0.05, 0) is 69.7 Å². The molecule has 1 atom stereocenters. The van der Waals surface area contributed by atoms with Crippen molar-refractivity contribution in [3.05, 3.63) is 90.9 Å². The Labute approximate surface area is 270 Å². The Morgan fingerprint density at radius 1 is 1.00 bits per heavy atom. The third-order valence-electron chi connectivity index (χ3n) is 6.59. The molecule has 0 spiro atoms. The predicted molar refractivity (Wildman–Crippen MR) is 170 cm³/mol. The van der Waals surface area contributed by atoms with Crippen LogP contribution >= 0.6 is 34.8 Å². The summed E-state index contributed by atoms with van der Waals surface area (Å²) in [6.45, 7) is 5.56. The van der Waals surface area contributed by atoms with Gasteiger partial charge in [-0.15, -0.1) is 0 Å². The van der Waals surface area contributed by atoms with Gasteiger partial charge >= 0.3 is 0 Å². The number of nitro benzene ring substituents is 1. The minimum absolute atomic E-state index is 0.0639. The van der Waals surface area contributed by atoms with Crippen molar-refractivity contribution in [1.82, 2.24) is 10.2 Å². The molecule has 44 heavy (non-hydrogen) atoms. The van der Waals surface area contributed by atoms with E-state index in [1.165, 1.54) is 62.3 Å². The molecule has 11 nitrogen and oxygen atoms in total. The highest BCUT2D eigenvalue weighted by Crippen LogP contribution is 2.36. The first-order valence-corrected chi connectivity index (χ1v) is 15.8. The third-order valence-corrected chi connectivity index (χ3v) is 9.32. The van der Waals surface area contributed by atoms with Gasteiger partial charge in [-0.1, -0.05) is 46.9 Å². The van der Waals surface area contributed by atoms with Crippen LogP contribution in [-0.4, -0.2) is 55.8 Å². The molecule has 0 saturated carbocycles. The van der Waals surface area contributed by atoms with Gasteiger partial charge in [-0.3, -0.25) is 24.0 Å². The Balaban J connectivity index is 2.17. The molecule has 3 rings (SSSR count). The molecule has 0 aliphatic rings. The van der Waals surface area contributed by atoms with Crippen LogP contribution in [0.1, 0.15) is 31.9 Å². The zero-order valence-corrected chi connectivity index (χ0v) is 27.6. The van der Waals surface area contributed by atoms with Crippen LogP contribution in [0.4, 0.5) is 11.4 Å².